The smallest absolute Gasteiger partial charge is 0.258 e. The minimum Gasteiger partial charge on any atom is -0.504 e. The maximum Gasteiger partial charge on any atom is 0.258 e. The van der Waals surface area contributed by atoms with Gasteiger partial charge in [0.2, 0.25) is 17.6 Å². The molecule has 2 aromatic rings. The Morgan fingerprint density at radius 1 is 0.957 bits per heavy atom. The standard InChI is InChI=1S/C30H22BrCl2F5N2O6/c1-3-6-39-25(42)12-5-4-11-14(16(12)26(39)43)9-29(32)27(44)40(23-21(37)19(35)18(34)20(36)22(23)38)28(45)30(29,33)17(11)13-7-10(31)8-15(46-2)24(13)41/h4,7-8,12,14,16-17,41H,3,5-6,9H2,1-2H3/t12-,14+,16-,17+,29+,30-/m0/s1. The zero-order chi connectivity index (χ0) is 33.8. The van der Waals surface area contributed by atoms with Crippen LogP contribution >= 0.6 is 39.1 Å². The summed E-state index contributed by atoms with van der Waals surface area (Å²) in [4.78, 5) is 50.8. The molecule has 3 fully saturated rings. The molecule has 4 amide bonds. The summed E-state index contributed by atoms with van der Waals surface area (Å²) in [7, 11) is 1.22. The average molecular weight is 752 g/mol. The van der Waals surface area contributed by atoms with E-state index < -0.39 is 104 Å². The third kappa shape index (κ3) is 4.01. The second-order valence-corrected chi connectivity index (χ2v) is 13.7. The zero-order valence-electron chi connectivity index (χ0n) is 23.8. The number of amides is 4. The summed E-state index contributed by atoms with van der Waals surface area (Å²) < 4.78 is 78.5. The molecule has 2 aliphatic carbocycles. The predicted molar refractivity (Wildman–Crippen MR) is 156 cm³/mol. The Morgan fingerprint density at radius 3 is 2.15 bits per heavy atom. The van der Waals surface area contributed by atoms with Crippen LogP contribution in [0.3, 0.4) is 0 Å². The van der Waals surface area contributed by atoms with Crippen molar-refractivity contribution in [3.63, 3.8) is 0 Å². The van der Waals surface area contributed by atoms with E-state index in [1.807, 2.05) is 0 Å². The van der Waals surface area contributed by atoms with Crippen molar-refractivity contribution in [3.05, 3.63) is 62.9 Å². The highest BCUT2D eigenvalue weighted by Gasteiger charge is 2.77. The molecule has 4 aliphatic rings. The summed E-state index contributed by atoms with van der Waals surface area (Å²) >= 11 is 17.4. The lowest BCUT2D eigenvalue weighted by Gasteiger charge is -2.50. The van der Waals surface area contributed by atoms with E-state index in [-0.39, 0.29) is 39.2 Å². The quantitative estimate of drug-likeness (QED) is 0.103. The second-order valence-electron chi connectivity index (χ2n) is 11.6. The number of fused-ring (bicyclic) bond motifs is 4. The van der Waals surface area contributed by atoms with E-state index in [0.29, 0.717) is 6.42 Å². The van der Waals surface area contributed by atoms with Gasteiger partial charge in [0.15, 0.2) is 44.5 Å². The van der Waals surface area contributed by atoms with E-state index in [2.05, 4.69) is 15.9 Å². The first-order chi connectivity index (χ1) is 21.6. The molecule has 1 N–H and O–H groups in total. The first-order valence-electron chi connectivity index (χ1n) is 14.0. The van der Waals surface area contributed by atoms with E-state index in [1.165, 1.54) is 19.2 Å². The van der Waals surface area contributed by atoms with Gasteiger partial charge in [-0.1, -0.05) is 34.5 Å². The molecule has 16 heteroatoms. The molecule has 244 valence electrons. The molecule has 8 nitrogen and oxygen atoms in total. The second kappa shape index (κ2) is 10.9. The number of aromatic hydroxyl groups is 1. The van der Waals surface area contributed by atoms with E-state index in [9.17, 15) is 37.5 Å². The first kappa shape index (κ1) is 32.7. The summed E-state index contributed by atoms with van der Waals surface area (Å²) in [5.41, 5.74) is -1.84. The summed E-state index contributed by atoms with van der Waals surface area (Å²) in [6.45, 7) is 1.87. The van der Waals surface area contributed by atoms with Gasteiger partial charge < -0.3 is 9.84 Å². The minimum atomic E-state index is -2.76. The number of imide groups is 2. The third-order valence-corrected chi connectivity index (χ3v) is 11.2. The van der Waals surface area contributed by atoms with Gasteiger partial charge in [-0.25, -0.2) is 26.9 Å². The number of benzene rings is 2. The predicted octanol–water partition coefficient (Wildman–Crippen LogP) is 5.83. The zero-order valence-corrected chi connectivity index (χ0v) is 26.9. The maximum absolute atomic E-state index is 15.1. The number of ether oxygens (including phenoxy) is 1. The third-order valence-electron chi connectivity index (χ3n) is 9.36. The highest BCUT2D eigenvalue weighted by atomic mass is 79.9. The molecule has 0 spiro atoms. The van der Waals surface area contributed by atoms with Crippen LogP contribution in [0, 0.1) is 46.8 Å². The van der Waals surface area contributed by atoms with Gasteiger partial charge >= 0.3 is 0 Å². The minimum absolute atomic E-state index is 0.00453. The number of phenols is 1. The van der Waals surface area contributed by atoms with Crippen LogP contribution in [-0.2, 0) is 19.2 Å². The van der Waals surface area contributed by atoms with Crippen LogP contribution in [0.5, 0.6) is 11.5 Å². The Labute approximate surface area is 276 Å². The number of anilines is 1. The van der Waals surface area contributed by atoms with Gasteiger partial charge in [0.25, 0.3) is 11.8 Å². The highest BCUT2D eigenvalue weighted by Crippen LogP contribution is 2.67. The molecule has 0 unspecified atom stereocenters. The summed E-state index contributed by atoms with van der Waals surface area (Å²) in [6, 6.07) is 2.69. The Morgan fingerprint density at radius 2 is 1.57 bits per heavy atom. The Hall–Kier alpha value is -3.23. The number of halogens is 8. The highest BCUT2D eigenvalue weighted by molar-refractivity contribution is 9.10. The summed E-state index contributed by atoms with van der Waals surface area (Å²) in [5.74, 6) is -22.0. The number of hydrogen-bond acceptors (Lipinski definition) is 6. The van der Waals surface area contributed by atoms with Crippen molar-refractivity contribution in [2.24, 2.45) is 17.8 Å². The van der Waals surface area contributed by atoms with Crippen molar-refractivity contribution >= 4 is 68.4 Å². The largest absolute Gasteiger partial charge is 0.504 e. The van der Waals surface area contributed by atoms with Crippen LogP contribution in [-0.4, -0.2) is 57.0 Å². The van der Waals surface area contributed by atoms with E-state index >= 15 is 8.78 Å². The lowest BCUT2D eigenvalue weighted by atomic mass is 9.56. The monoisotopic (exact) mass is 750 g/mol. The van der Waals surface area contributed by atoms with Gasteiger partial charge in [-0.3, -0.25) is 24.1 Å². The molecular formula is C30H22BrCl2F5N2O6. The number of carbonyl (C=O) groups is 4. The van der Waals surface area contributed by atoms with Gasteiger partial charge in [0.1, 0.15) is 5.69 Å². The van der Waals surface area contributed by atoms with Crippen LogP contribution in [0.2, 0.25) is 0 Å². The molecule has 6 rings (SSSR count). The Balaban J connectivity index is 1.63. The van der Waals surface area contributed by atoms with Gasteiger partial charge in [-0.05, 0) is 37.3 Å². The van der Waals surface area contributed by atoms with Gasteiger partial charge in [-0.15, -0.1) is 23.2 Å². The van der Waals surface area contributed by atoms with E-state index in [4.69, 9.17) is 27.9 Å². The van der Waals surface area contributed by atoms with Crippen molar-refractivity contribution in [2.75, 3.05) is 18.6 Å². The lowest BCUT2D eigenvalue weighted by molar-refractivity contribution is -0.140. The first-order valence-corrected chi connectivity index (χ1v) is 15.5. The molecule has 2 aliphatic heterocycles. The molecule has 6 atom stereocenters. The van der Waals surface area contributed by atoms with E-state index in [1.54, 1.807) is 13.0 Å². The van der Waals surface area contributed by atoms with Crippen molar-refractivity contribution in [1.82, 2.24) is 4.90 Å². The number of likely N-dealkylation sites (tertiary alicyclic amines) is 1. The number of methoxy groups -OCH3 is 1. The van der Waals surface area contributed by atoms with Gasteiger partial charge in [-0.2, -0.15) is 0 Å². The van der Waals surface area contributed by atoms with Crippen molar-refractivity contribution in [1.29, 1.82) is 0 Å². The number of allylic oxidation sites excluding steroid dienone is 2. The number of carbonyl (C=O) groups excluding carboxylic acids is 4. The van der Waals surface area contributed by atoms with Crippen molar-refractivity contribution < 1.29 is 51.0 Å². The molecular weight excluding hydrogens is 730 g/mol. The molecule has 1 saturated carbocycles. The SMILES string of the molecule is CCCN1C(=O)[C@H]2[C@H](CC=C3[C@H]2C[C@@]2(Cl)C(=O)N(c4c(F)c(F)c(F)c(F)c4F)C(=O)[C@@]2(Cl)[C@H]3c2cc(Br)cc(OC)c2O)C1=O. The van der Waals surface area contributed by atoms with Gasteiger partial charge in [0.05, 0.1) is 18.9 Å². The average Bonchev–Trinajstić information content (AvgIpc) is 3.34. The molecule has 0 radical (unpaired) electrons. The Bertz CT molecular complexity index is 1780. The number of nitrogens with zero attached hydrogens (tertiary/aromatic N) is 2. The number of alkyl halides is 2. The van der Waals surface area contributed by atoms with E-state index in [0.717, 1.165) is 4.90 Å². The molecule has 2 aromatic carbocycles. The van der Waals surface area contributed by atoms with Crippen LogP contribution < -0.4 is 9.64 Å². The molecule has 0 aromatic heterocycles. The molecule has 2 heterocycles. The topological polar surface area (TPSA) is 104 Å². The lowest BCUT2D eigenvalue weighted by Crippen LogP contribution is -2.60. The fourth-order valence-corrected chi connectivity index (χ4v) is 8.77. The Kier molecular flexibility index (Phi) is 7.76. The number of hydrogen-bond donors (Lipinski definition) is 1. The van der Waals surface area contributed by atoms with Gasteiger partial charge in [0, 0.05) is 22.5 Å². The van der Waals surface area contributed by atoms with Crippen LogP contribution in [0.4, 0.5) is 27.6 Å². The molecule has 0 bridgehead atoms. The van der Waals surface area contributed by atoms with Crippen LogP contribution in [0.25, 0.3) is 0 Å². The number of rotatable bonds is 5. The van der Waals surface area contributed by atoms with Crippen LogP contribution in [0.15, 0.2) is 28.3 Å². The normalized spacial score (nSPS) is 30.4. The van der Waals surface area contributed by atoms with Crippen LogP contribution in [0.1, 0.15) is 37.7 Å². The fourth-order valence-electron chi connectivity index (χ4n) is 7.39. The van der Waals surface area contributed by atoms with Crippen molar-refractivity contribution in [2.45, 2.75) is 41.9 Å². The number of phenolic OH excluding ortho intramolecular Hbond substituents is 1. The fraction of sp³-hybridized carbons (Fsp3) is 0.400. The molecule has 2 saturated heterocycles. The maximum atomic E-state index is 15.1. The summed E-state index contributed by atoms with van der Waals surface area (Å²) in [5, 5.41) is 11.3. The molecule has 46 heavy (non-hydrogen) atoms. The summed E-state index contributed by atoms with van der Waals surface area (Å²) in [6.07, 6.45) is 1.35. The van der Waals surface area contributed by atoms with Crippen molar-refractivity contribution in [3.8, 4) is 11.5 Å².